The molecule has 0 unspecified atom stereocenters. The average Bonchev–Trinajstić information content (AvgIpc) is 3.36. The van der Waals surface area contributed by atoms with Crippen LogP contribution in [0.25, 0.3) is 0 Å². The number of halogens is 2. The van der Waals surface area contributed by atoms with Gasteiger partial charge in [-0.15, -0.1) is 11.3 Å². The number of carbonyl (C=O) groups excluding carboxylic acids is 2. The highest BCUT2D eigenvalue weighted by molar-refractivity contribution is 7.10. The quantitative estimate of drug-likeness (QED) is 0.447. The van der Waals surface area contributed by atoms with Crippen molar-refractivity contribution >= 4 is 46.4 Å². The molecule has 2 aromatic carbocycles. The minimum Gasteiger partial charge on any atom is -0.339 e. The van der Waals surface area contributed by atoms with E-state index in [1.54, 1.807) is 23.1 Å². The van der Waals surface area contributed by atoms with Gasteiger partial charge in [-0.05, 0) is 47.2 Å². The van der Waals surface area contributed by atoms with Gasteiger partial charge >= 0.3 is 0 Å². The number of benzene rings is 2. The highest BCUT2D eigenvalue weighted by Crippen LogP contribution is 2.37. The van der Waals surface area contributed by atoms with E-state index in [9.17, 15) is 9.59 Å². The predicted molar refractivity (Wildman–Crippen MR) is 141 cm³/mol. The molecule has 5 nitrogen and oxygen atoms in total. The molecule has 1 atom stereocenters. The summed E-state index contributed by atoms with van der Waals surface area (Å²) in [5, 5.41) is 3.03. The maximum Gasteiger partial charge on any atom is 0.255 e. The minimum absolute atomic E-state index is 0.121. The molecule has 2 aliphatic heterocycles. The van der Waals surface area contributed by atoms with Crippen LogP contribution in [0.3, 0.4) is 0 Å². The first-order valence-corrected chi connectivity index (χ1v) is 13.5. The molecule has 0 bridgehead atoms. The number of carbonyl (C=O) groups is 2. The molecule has 3 heterocycles. The zero-order chi connectivity index (χ0) is 24.4. The van der Waals surface area contributed by atoms with Crippen LogP contribution < -0.4 is 0 Å². The van der Waals surface area contributed by atoms with Crippen LogP contribution >= 0.6 is 34.5 Å². The number of rotatable bonds is 5. The first-order chi connectivity index (χ1) is 17.0. The molecule has 0 spiro atoms. The van der Waals surface area contributed by atoms with Crippen LogP contribution in [-0.2, 0) is 11.2 Å². The van der Waals surface area contributed by atoms with Gasteiger partial charge in [-0.2, -0.15) is 0 Å². The monoisotopic (exact) mass is 527 g/mol. The van der Waals surface area contributed by atoms with Gasteiger partial charge < -0.3 is 9.80 Å². The van der Waals surface area contributed by atoms with Gasteiger partial charge in [-0.25, -0.2) is 0 Å². The SMILES string of the molecule is O=C(CCN1CCc2sccc2[C@H]1c1ccccc1)N1CCN(C(=O)c2ccc(Cl)cc2Cl)CC1. The van der Waals surface area contributed by atoms with Crippen molar-refractivity contribution in [3.63, 3.8) is 0 Å². The first-order valence-electron chi connectivity index (χ1n) is 11.9. The molecule has 1 aromatic heterocycles. The fourth-order valence-corrected chi connectivity index (χ4v) is 6.42. The van der Waals surface area contributed by atoms with E-state index in [1.807, 2.05) is 22.3 Å². The van der Waals surface area contributed by atoms with Crippen molar-refractivity contribution in [1.29, 1.82) is 0 Å². The van der Waals surface area contributed by atoms with Crippen LogP contribution in [0.1, 0.15) is 38.8 Å². The van der Waals surface area contributed by atoms with Crippen molar-refractivity contribution in [2.24, 2.45) is 0 Å². The van der Waals surface area contributed by atoms with Crippen molar-refractivity contribution in [1.82, 2.24) is 14.7 Å². The molecule has 0 saturated carbocycles. The van der Waals surface area contributed by atoms with E-state index in [4.69, 9.17) is 23.2 Å². The lowest BCUT2D eigenvalue weighted by Gasteiger charge is -2.38. The molecular formula is C27H27Cl2N3O2S. The van der Waals surface area contributed by atoms with Crippen LogP contribution in [0.4, 0.5) is 0 Å². The fourth-order valence-electron chi connectivity index (χ4n) is 5.02. The van der Waals surface area contributed by atoms with E-state index in [0.717, 1.165) is 13.0 Å². The molecule has 0 aliphatic carbocycles. The third-order valence-electron chi connectivity index (χ3n) is 6.88. The van der Waals surface area contributed by atoms with E-state index in [1.165, 1.54) is 16.0 Å². The van der Waals surface area contributed by atoms with Gasteiger partial charge in [0.1, 0.15) is 0 Å². The lowest BCUT2D eigenvalue weighted by Crippen LogP contribution is -2.51. The molecule has 3 aromatic rings. The van der Waals surface area contributed by atoms with E-state index < -0.39 is 0 Å². The number of fused-ring (bicyclic) bond motifs is 1. The summed E-state index contributed by atoms with van der Waals surface area (Å²) in [6.07, 6.45) is 1.50. The van der Waals surface area contributed by atoms with Crippen molar-refractivity contribution in [2.75, 3.05) is 39.3 Å². The van der Waals surface area contributed by atoms with Crippen molar-refractivity contribution in [2.45, 2.75) is 18.9 Å². The maximum atomic E-state index is 13.1. The second-order valence-electron chi connectivity index (χ2n) is 8.95. The summed E-state index contributed by atoms with van der Waals surface area (Å²) >= 11 is 14.0. The number of thiophene rings is 1. The second kappa shape index (κ2) is 10.7. The molecule has 2 aliphatic rings. The van der Waals surface area contributed by atoms with E-state index in [0.29, 0.717) is 54.8 Å². The third-order valence-corrected chi connectivity index (χ3v) is 8.42. The number of nitrogens with zero attached hydrogens (tertiary/aromatic N) is 3. The second-order valence-corrected chi connectivity index (χ2v) is 10.8. The molecule has 2 amide bonds. The Morgan fingerprint density at radius 2 is 1.66 bits per heavy atom. The molecule has 35 heavy (non-hydrogen) atoms. The Balaban J connectivity index is 1.18. The van der Waals surface area contributed by atoms with Gasteiger partial charge in [0, 0.05) is 55.6 Å². The van der Waals surface area contributed by atoms with Gasteiger partial charge in [-0.1, -0.05) is 53.5 Å². The van der Waals surface area contributed by atoms with Gasteiger partial charge in [0.15, 0.2) is 0 Å². The van der Waals surface area contributed by atoms with Crippen LogP contribution in [0, 0.1) is 0 Å². The molecule has 182 valence electrons. The molecule has 1 saturated heterocycles. The van der Waals surface area contributed by atoms with E-state index in [-0.39, 0.29) is 17.9 Å². The fraction of sp³-hybridized carbons (Fsp3) is 0.333. The van der Waals surface area contributed by atoms with Crippen LogP contribution in [0.15, 0.2) is 60.0 Å². The largest absolute Gasteiger partial charge is 0.339 e. The Bertz CT molecular complexity index is 1210. The van der Waals surface area contributed by atoms with Crippen molar-refractivity contribution in [3.8, 4) is 0 Å². The Kier molecular flexibility index (Phi) is 7.44. The number of hydrogen-bond donors (Lipinski definition) is 0. The van der Waals surface area contributed by atoms with Gasteiger partial charge in [0.2, 0.25) is 5.91 Å². The zero-order valence-corrected chi connectivity index (χ0v) is 21.7. The van der Waals surface area contributed by atoms with Gasteiger partial charge in [-0.3, -0.25) is 14.5 Å². The van der Waals surface area contributed by atoms with Crippen molar-refractivity contribution in [3.05, 3.63) is 91.6 Å². The summed E-state index contributed by atoms with van der Waals surface area (Å²) in [7, 11) is 0. The molecule has 1 fully saturated rings. The lowest BCUT2D eigenvalue weighted by molar-refractivity contribution is -0.133. The standard InChI is InChI=1S/C27H27Cl2N3O2S/c28-20-6-7-21(23(29)18-20)27(34)32-15-13-30(14-16-32)25(33)9-12-31-11-8-24-22(10-17-35-24)26(31)19-4-2-1-3-5-19/h1-7,10,17-18,26H,8-9,11-16H2/t26-/m1/s1. The van der Waals surface area contributed by atoms with E-state index in [2.05, 4.69) is 40.6 Å². The minimum atomic E-state index is -0.121. The summed E-state index contributed by atoms with van der Waals surface area (Å²) in [5.74, 6) is 0.0221. The number of hydrogen-bond acceptors (Lipinski definition) is 4. The zero-order valence-electron chi connectivity index (χ0n) is 19.3. The average molecular weight is 529 g/mol. The molecular weight excluding hydrogens is 501 g/mol. The number of amides is 2. The Hall–Kier alpha value is -2.38. The molecule has 0 radical (unpaired) electrons. The third kappa shape index (κ3) is 5.26. The van der Waals surface area contributed by atoms with Crippen LogP contribution in [0.2, 0.25) is 10.0 Å². The predicted octanol–water partition coefficient (Wildman–Crippen LogP) is 5.38. The molecule has 0 N–H and O–H groups in total. The Labute approximate surface area is 219 Å². The Morgan fingerprint density at radius 3 is 2.40 bits per heavy atom. The Morgan fingerprint density at radius 1 is 0.914 bits per heavy atom. The maximum absolute atomic E-state index is 13.1. The number of piperazine rings is 1. The summed E-state index contributed by atoms with van der Waals surface area (Å²) in [6, 6.07) is 17.9. The molecule has 8 heteroatoms. The summed E-state index contributed by atoms with van der Waals surface area (Å²) < 4.78 is 0. The topological polar surface area (TPSA) is 43.9 Å². The summed E-state index contributed by atoms with van der Waals surface area (Å²) in [4.78, 5) is 33.5. The smallest absolute Gasteiger partial charge is 0.255 e. The first kappa shape index (κ1) is 24.3. The normalized spacial score (nSPS) is 18.4. The highest BCUT2D eigenvalue weighted by atomic mass is 35.5. The van der Waals surface area contributed by atoms with Crippen LogP contribution in [0.5, 0.6) is 0 Å². The lowest BCUT2D eigenvalue weighted by atomic mass is 9.93. The van der Waals surface area contributed by atoms with Crippen molar-refractivity contribution < 1.29 is 9.59 Å². The van der Waals surface area contributed by atoms with E-state index >= 15 is 0 Å². The van der Waals surface area contributed by atoms with Gasteiger partial charge in [0.05, 0.1) is 16.6 Å². The van der Waals surface area contributed by atoms with Crippen LogP contribution in [-0.4, -0.2) is 65.8 Å². The summed E-state index contributed by atoms with van der Waals surface area (Å²) in [6.45, 7) is 3.73. The summed E-state index contributed by atoms with van der Waals surface area (Å²) in [5.41, 5.74) is 3.08. The van der Waals surface area contributed by atoms with Gasteiger partial charge in [0.25, 0.3) is 5.91 Å². The highest BCUT2D eigenvalue weighted by Gasteiger charge is 2.31. The molecule has 5 rings (SSSR count).